The Kier molecular flexibility index (Phi) is 5.63. The number of esters is 1. The summed E-state index contributed by atoms with van der Waals surface area (Å²) >= 11 is 0. The Labute approximate surface area is 132 Å². The maximum Gasteiger partial charge on any atom is 0.410 e. The normalized spacial score (nSPS) is 21.0. The molecule has 0 aromatic rings. The van der Waals surface area contributed by atoms with E-state index in [1.165, 1.54) is 0 Å². The Hall–Kier alpha value is -1.34. The SMILES string of the molecule is CC(C)(C)OC(=O)CCN1CCN(CN2CCOC2=O)CC1. The van der Waals surface area contributed by atoms with Crippen molar-refractivity contribution >= 4 is 12.1 Å². The van der Waals surface area contributed by atoms with Crippen LogP contribution in [0.25, 0.3) is 0 Å². The van der Waals surface area contributed by atoms with E-state index in [2.05, 4.69) is 9.80 Å². The Balaban J connectivity index is 1.63. The van der Waals surface area contributed by atoms with Crippen molar-refractivity contribution in [3.63, 3.8) is 0 Å². The zero-order valence-corrected chi connectivity index (χ0v) is 13.8. The van der Waals surface area contributed by atoms with Crippen molar-refractivity contribution in [2.75, 3.05) is 52.5 Å². The topological polar surface area (TPSA) is 62.3 Å². The molecule has 2 heterocycles. The van der Waals surface area contributed by atoms with E-state index in [1.54, 1.807) is 4.90 Å². The fourth-order valence-corrected chi connectivity index (χ4v) is 2.59. The molecule has 2 aliphatic heterocycles. The number of rotatable bonds is 5. The van der Waals surface area contributed by atoms with Crippen LogP contribution in [0.4, 0.5) is 4.79 Å². The first-order valence-corrected chi connectivity index (χ1v) is 7.92. The van der Waals surface area contributed by atoms with Gasteiger partial charge in [0.05, 0.1) is 19.6 Å². The van der Waals surface area contributed by atoms with Crippen LogP contribution in [0.3, 0.4) is 0 Å². The van der Waals surface area contributed by atoms with Gasteiger partial charge in [0.25, 0.3) is 0 Å². The lowest BCUT2D eigenvalue weighted by atomic mass is 10.2. The van der Waals surface area contributed by atoms with Crippen molar-refractivity contribution in [3.05, 3.63) is 0 Å². The third-order valence-electron chi connectivity index (χ3n) is 3.73. The minimum atomic E-state index is -0.417. The van der Waals surface area contributed by atoms with E-state index in [9.17, 15) is 9.59 Å². The van der Waals surface area contributed by atoms with Crippen molar-refractivity contribution in [2.45, 2.75) is 32.8 Å². The van der Waals surface area contributed by atoms with Crippen LogP contribution >= 0.6 is 0 Å². The first kappa shape index (κ1) is 17.0. The molecule has 0 unspecified atom stereocenters. The molecule has 22 heavy (non-hydrogen) atoms. The second-order valence-electron chi connectivity index (χ2n) is 6.82. The minimum Gasteiger partial charge on any atom is -0.460 e. The summed E-state index contributed by atoms with van der Waals surface area (Å²) < 4.78 is 10.2. The van der Waals surface area contributed by atoms with E-state index in [0.29, 0.717) is 26.2 Å². The van der Waals surface area contributed by atoms with Gasteiger partial charge in [0.1, 0.15) is 12.2 Å². The van der Waals surface area contributed by atoms with E-state index < -0.39 is 5.60 Å². The van der Waals surface area contributed by atoms with E-state index in [-0.39, 0.29) is 12.1 Å². The van der Waals surface area contributed by atoms with Gasteiger partial charge in [-0.05, 0) is 20.8 Å². The predicted molar refractivity (Wildman–Crippen MR) is 81.4 cm³/mol. The lowest BCUT2D eigenvalue weighted by Gasteiger charge is -2.36. The second kappa shape index (κ2) is 7.28. The van der Waals surface area contributed by atoms with E-state index in [4.69, 9.17) is 9.47 Å². The zero-order valence-electron chi connectivity index (χ0n) is 13.8. The maximum atomic E-state index is 11.7. The zero-order chi connectivity index (χ0) is 16.2. The third-order valence-corrected chi connectivity index (χ3v) is 3.73. The average Bonchev–Trinajstić information content (AvgIpc) is 2.82. The predicted octanol–water partition coefficient (Wildman–Crippen LogP) is 0.746. The van der Waals surface area contributed by atoms with Crippen LogP contribution in [0, 0.1) is 0 Å². The summed E-state index contributed by atoms with van der Waals surface area (Å²) in [6.45, 7) is 11.8. The monoisotopic (exact) mass is 313 g/mol. The number of hydrogen-bond donors (Lipinski definition) is 0. The van der Waals surface area contributed by atoms with E-state index >= 15 is 0 Å². The van der Waals surface area contributed by atoms with E-state index in [1.807, 2.05) is 20.8 Å². The molecule has 0 saturated carbocycles. The Morgan fingerprint density at radius 2 is 1.77 bits per heavy atom. The molecule has 0 aromatic heterocycles. The molecule has 2 saturated heterocycles. The molecule has 0 spiro atoms. The van der Waals surface area contributed by atoms with Gasteiger partial charge >= 0.3 is 12.1 Å². The Morgan fingerprint density at radius 3 is 2.32 bits per heavy atom. The van der Waals surface area contributed by atoms with Crippen LogP contribution in [0.5, 0.6) is 0 Å². The summed E-state index contributed by atoms with van der Waals surface area (Å²) in [6, 6.07) is 0. The summed E-state index contributed by atoms with van der Waals surface area (Å²) in [5.41, 5.74) is -0.417. The minimum absolute atomic E-state index is 0.144. The van der Waals surface area contributed by atoms with Crippen LogP contribution in [-0.4, -0.2) is 84.9 Å². The molecule has 2 rings (SSSR count). The number of piperazine rings is 1. The molecule has 0 bridgehead atoms. The number of nitrogens with zero attached hydrogens (tertiary/aromatic N) is 3. The van der Waals surface area contributed by atoms with E-state index in [0.717, 1.165) is 32.7 Å². The van der Waals surface area contributed by atoms with Crippen molar-refractivity contribution in [2.24, 2.45) is 0 Å². The molecule has 0 aromatic carbocycles. The van der Waals surface area contributed by atoms with Crippen LogP contribution in [0.2, 0.25) is 0 Å². The number of cyclic esters (lactones) is 1. The van der Waals surface area contributed by atoms with Crippen LogP contribution in [0.1, 0.15) is 27.2 Å². The van der Waals surface area contributed by atoms with Gasteiger partial charge in [-0.2, -0.15) is 0 Å². The van der Waals surface area contributed by atoms with Gasteiger partial charge in [0, 0.05) is 32.7 Å². The fourth-order valence-electron chi connectivity index (χ4n) is 2.59. The van der Waals surface area contributed by atoms with Crippen molar-refractivity contribution < 1.29 is 19.1 Å². The first-order valence-electron chi connectivity index (χ1n) is 7.92. The molecule has 2 fully saturated rings. The van der Waals surface area contributed by atoms with Crippen molar-refractivity contribution in [1.82, 2.24) is 14.7 Å². The highest BCUT2D eigenvalue weighted by atomic mass is 16.6. The number of amides is 1. The second-order valence-corrected chi connectivity index (χ2v) is 6.82. The number of hydrogen-bond acceptors (Lipinski definition) is 6. The molecule has 7 nitrogen and oxygen atoms in total. The number of carbonyl (C=O) groups is 2. The summed E-state index contributed by atoms with van der Waals surface area (Å²) in [4.78, 5) is 29.4. The average molecular weight is 313 g/mol. The van der Waals surface area contributed by atoms with Gasteiger partial charge in [-0.3, -0.25) is 14.6 Å². The van der Waals surface area contributed by atoms with Crippen molar-refractivity contribution in [3.8, 4) is 0 Å². The van der Waals surface area contributed by atoms with Crippen molar-refractivity contribution in [1.29, 1.82) is 0 Å². The molecule has 1 amide bonds. The van der Waals surface area contributed by atoms with Gasteiger partial charge in [0.15, 0.2) is 0 Å². The van der Waals surface area contributed by atoms with Gasteiger partial charge in [0.2, 0.25) is 0 Å². The summed E-state index contributed by atoms with van der Waals surface area (Å²) in [5, 5.41) is 0. The van der Waals surface area contributed by atoms with Crippen LogP contribution in [-0.2, 0) is 14.3 Å². The highest BCUT2D eigenvalue weighted by Crippen LogP contribution is 2.10. The molecule has 2 aliphatic rings. The van der Waals surface area contributed by atoms with Gasteiger partial charge in [-0.25, -0.2) is 4.79 Å². The van der Waals surface area contributed by atoms with Gasteiger partial charge in [-0.1, -0.05) is 0 Å². The maximum absolute atomic E-state index is 11.7. The largest absolute Gasteiger partial charge is 0.460 e. The smallest absolute Gasteiger partial charge is 0.410 e. The molecule has 0 aliphatic carbocycles. The molecule has 0 N–H and O–H groups in total. The molecular weight excluding hydrogens is 286 g/mol. The van der Waals surface area contributed by atoms with Gasteiger partial charge < -0.3 is 14.4 Å². The summed E-state index contributed by atoms with van der Waals surface area (Å²) in [7, 11) is 0. The molecule has 126 valence electrons. The third kappa shape index (κ3) is 5.46. The first-order chi connectivity index (χ1) is 10.3. The highest BCUT2D eigenvalue weighted by molar-refractivity contribution is 5.70. The summed E-state index contributed by atoms with van der Waals surface area (Å²) in [5.74, 6) is -0.144. The number of carbonyl (C=O) groups excluding carboxylic acids is 2. The molecule has 0 radical (unpaired) electrons. The standard InChI is InChI=1S/C15H27N3O4/c1-15(2,3)22-13(19)4-5-16-6-8-17(9-7-16)12-18-10-11-21-14(18)20/h4-12H2,1-3H3. The lowest BCUT2D eigenvalue weighted by molar-refractivity contribution is -0.155. The highest BCUT2D eigenvalue weighted by Gasteiger charge is 2.26. The fraction of sp³-hybridized carbons (Fsp3) is 0.867. The molecule has 0 atom stereocenters. The summed E-state index contributed by atoms with van der Waals surface area (Å²) in [6.07, 6.45) is 0.211. The quantitative estimate of drug-likeness (QED) is 0.698. The van der Waals surface area contributed by atoms with Crippen LogP contribution < -0.4 is 0 Å². The van der Waals surface area contributed by atoms with Gasteiger partial charge in [-0.15, -0.1) is 0 Å². The Bertz CT molecular complexity index is 400. The molecule has 7 heteroatoms. The lowest BCUT2D eigenvalue weighted by Crippen LogP contribution is -2.50. The Morgan fingerprint density at radius 1 is 1.14 bits per heavy atom. The molecular formula is C15H27N3O4. The van der Waals surface area contributed by atoms with Crippen LogP contribution in [0.15, 0.2) is 0 Å². The number of ether oxygens (including phenoxy) is 2.